The Morgan fingerprint density at radius 3 is 2.26 bits per heavy atom. The molecule has 3 heteroatoms. The monoisotopic (exact) mass is 302 g/mol. The maximum atomic E-state index is 12.0. The van der Waals surface area contributed by atoms with Crippen molar-refractivity contribution in [3.8, 4) is 11.1 Å². The molecule has 23 heavy (non-hydrogen) atoms. The number of furan rings is 1. The van der Waals surface area contributed by atoms with Crippen molar-refractivity contribution in [2.45, 2.75) is 0 Å². The van der Waals surface area contributed by atoms with Gasteiger partial charge in [0.05, 0.1) is 7.11 Å². The third-order valence-corrected chi connectivity index (χ3v) is 4.01. The van der Waals surface area contributed by atoms with Crippen LogP contribution >= 0.6 is 0 Å². The van der Waals surface area contributed by atoms with Crippen LogP contribution in [-0.2, 0) is 4.74 Å². The number of rotatable bonds is 2. The van der Waals surface area contributed by atoms with Crippen molar-refractivity contribution in [2.24, 2.45) is 0 Å². The Morgan fingerprint density at radius 1 is 0.826 bits per heavy atom. The Labute approximate surface area is 133 Å². The molecule has 3 aromatic carbocycles. The van der Waals surface area contributed by atoms with Crippen molar-refractivity contribution in [1.29, 1.82) is 0 Å². The summed E-state index contributed by atoms with van der Waals surface area (Å²) in [6.07, 6.45) is 0. The molecule has 4 rings (SSSR count). The van der Waals surface area contributed by atoms with Crippen LogP contribution < -0.4 is 0 Å². The van der Waals surface area contributed by atoms with Crippen LogP contribution in [0.5, 0.6) is 0 Å². The molecule has 0 aliphatic rings. The lowest BCUT2D eigenvalue weighted by Gasteiger charge is -2.01. The zero-order valence-corrected chi connectivity index (χ0v) is 12.6. The van der Waals surface area contributed by atoms with E-state index in [9.17, 15) is 4.79 Å². The molecule has 0 fully saturated rings. The number of carbonyl (C=O) groups excluding carboxylic acids is 1. The summed E-state index contributed by atoms with van der Waals surface area (Å²) in [7, 11) is 1.37. The molecule has 0 saturated heterocycles. The lowest BCUT2D eigenvalue weighted by atomic mass is 10.0. The Balaban J connectivity index is 2.08. The predicted octanol–water partition coefficient (Wildman–Crippen LogP) is 5.04. The van der Waals surface area contributed by atoms with E-state index in [-0.39, 0.29) is 0 Å². The van der Waals surface area contributed by atoms with Crippen LogP contribution in [0.3, 0.4) is 0 Å². The van der Waals surface area contributed by atoms with Crippen molar-refractivity contribution in [2.75, 3.05) is 7.11 Å². The highest BCUT2D eigenvalue weighted by molar-refractivity contribution is 6.14. The second-order valence-electron chi connectivity index (χ2n) is 5.32. The largest absolute Gasteiger partial charge is 0.465 e. The average Bonchev–Trinajstić information content (AvgIpc) is 3.00. The molecule has 1 heterocycles. The van der Waals surface area contributed by atoms with Gasteiger partial charge in [0.1, 0.15) is 16.7 Å². The van der Waals surface area contributed by atoms with E-state index >= 15 is 0 Å². The molecular formula is C20H14O3. The van der Waals surface area contributed by atoms with E-state index in [0.29, 0.717) is 11.1 Å². The van der Waals surface area contributed by atoms with Gasteiger partial charge in [-0.25, -0.2) is 4.79 Å². The molecule has 0 unspecified atom stereocenters. The van der Waals surface area contributed by atoms with E-state index < -0.39 is 5.97 Å². The second kappa shape index (κ2) is 5.29. The molecule has 1 aromatic heterocycles. The highest BCUT2D eigenvalue weighted by Gasteiger charge is 2.17. The molecule has 0 aliphatic heterocycles. The Morgan fingerprint density at radius 2 is 1.52 bits per heavy atom. The van der Waals surface area contributed by atoms with Gasteiger partial charge in [0, 0.05) is 16.3 Å². The van der Waals surface area contributed by atoms with Crippen LogP contribution in [0.15, 0.2) is 71.1 Å². The minimum absolute atomic E-state index is 0.393. The number of benzene rings is 3. The normalized spacial score (nSPS) is 11.0. The predicted molar refractivity (Wildman–Crippen MR) is 90.5 cm³/mol. The van der Waals surface area contributed by atoms with Gasteiger partial charge in [-0.1, -0.05) is 60.7 Å². The Bertz CT molecular complexity index is 1010. The third kappa shape index (κ3) is 2.09. The first-order valence-corrected chi connectivity index (χ1v) is 7.37. The molecule has 4 aromatic rings. The fraction of sp³-hybridized carbons (Fsp3) is 0.0500. The standard InChI is InChI=1S/C20H14O3/c1-22-20(21)17-12-6-11-16-15-10-5-9-14(18(15)23-19(16)17)13-7-3-2-4-8-13/h2-12H,1H3. The zero-order valence-electron chi connectivity index (χ0n) is 12.6. The summed E-state index contributed by atoms with van der Waals surface area (Å²) in [5.41, 5.74) is 3.88. The third-order valence-electron chi connectivity index (χ3n) is 4.01. The molecule has 0 bridgehead atoms. The average molecular weight is 302 g/mol. The maximum absolute atomic E-state index is 12.0. The summed E-state index contributed by atoms with van der Waals surface area (Å²) in [4.78, 5) is 12.0. The fourth-order valence-corrected chi connectivity index (χ4v) is 2.94. The van der Waals surface area contributed by atoms with Crippen molar-refractivity contribution >= 4 is 27.9 Å². The number of esters is 1. The smallest absolute Gasteiger partial charge is 0.341 e. The van der Waals surface area contributed by atoms with Gasteiger partial charge in [0.25, 0.3) is 0 Å². The highest BCUT2D eigenvalue weighted by Crippen LogP contribution is 2.36. The molecule has 0 N–H and O–H groups in total. The molecule has 0 atom stereocenters. The van der Waals surface area contributed by atoms with Crippen LogP contribution in [0.25, 0.3) is 33.1 Å². The first-order chi connectivity index (χ1) is 11.3. The molecule has 0 aliphatic carbocycles. The van der Waals surface area contributed by atoms with Gasteiger partial charge in [-0.05, 0) is 11.6 Å². The van der Waals surface area contributed by atoms with Gasteiger partial charge in [-0.15, -0.1) is 0 Å². The van der Waals surface area contributed by atoms with Crippen molar-refractivity contribution in [1.82, 2.24) is 0 Å². The van der Waals surface area contributed by atoms with E-state index in [1.54, 1.807) is 6.07 Å². The van der Waals surface area contributed by atoms with Crippen LogP contribution in [0, 0.1) is 0 Å². The topological polar surface area (TPSA) is 39.4 Å². The number of ether oxygens (including phenoxy) is 1. The first-order valence-electron chi connectivity index (χ1n) is 7.37. The summed E-state index contributed by atoms with van der Waals surface area (Å²) in [5.74, 6) is -0.393. The van der Waals surface area contributed by atoms with Crippen LogP contribution in [0.4, 0.5) is 0 Å². The molecule has 0 amide bonds. The van der Waals surface area contributed by atoms with Crippen molar-refractivity contribution in [3.63, 3.8) is 0 Å². The van der Waals surface area contributed by atoms with Gasteiger partial charge in [-0.2, -0.15) is 0 Å². The van der Waals surface area contributed by atoms with Gasteiger partial charge in [0.2, 0.25) is 0 Å². The SMILES string of the molecule is COC(=O)c1cccc2c1oc1c(-c3ccccc3)cccc12. The van der Waals surface area contributed by atoms with E-state index in [2.05, 4.69) is 0 Å². The number of hydrogen-bond donors (Lipinski definition) is 0. The molecule has 0 radical (unpaired) electrons. The summed E-state index contributed by atoms with van der Waals surface area (Å²) in [5, 5.41) is 1.91. The molecule has 112 valence electrons. The van der Waals surface area contributed by atoms with Gasteiger partial charge >= 0.3 is 5.97 Å². The van der Waals surface area contributed by atoms with Gasteiger partial charge in [-0.3, -0.25) is 0 Å². The van der Waals surface area contributed by atoms with E-state index in [1.807, 2.05) is 60.7 Å². The Hall–Kier alpha value is -3.07. The summed E-state index contributed by atoms with van der Waals surface area (Å²) in [6, 6.07) is 21.6. The summed E-state index contributed by atoms with van der Waals surface area (Å²) in [6.45, 7) is 0. The van der Waals surface area contributed by atoms with Gasteiger partial charge in [0.15, 0.2) is 0 Å². The quantitative estimate of drug-likeness (QED) is 0.487. The van der Waals surface area contributed by atoms with E-state index in [0.717, 1.165) is 27.5 Å². The lowest BCUT2D eigenvalue weighted by molar-refractivity contribution is 0.0602. The van der Waals surface area contributed by atoms with E-state index in [1.165, 1.54) is 7.11 Å². The van der Waals surface area contributed by atoms with E-state index in [4.69, 9.17) is 9.15 Å². The Kier molecular flexibility index (Phi) is 3.12. The summed E-state index contributed by atoms with van der Waals surface area (Å²) < 4.78 is 10.9. The van der Waals surface area contributed by atoms with Crippen LogP contribution in [0.1, 0.15) is 10.4 Å². The minimum Gasteiger partial charge on any atom is -0.465 e. The minimum atomic E-state index is -0.393. The van der Waals surface area contributed by atoms with Crippen LogP contribution in [0.2, 0.25) is 0 Å². The molecular weight excluding hydrogens is 288 g/mol. The number of methoxy groups -OCH3 is 1. The first kappa shape index (κ1) is 13.6. The number of para-hydroxylation sites is 2. The van der Waals surface area contributed by atoms with Crippen molar-refractivity contribution < 1.29 is 13.9 Å². The summed E-state index contributed by atoms with van der Waals surface area (Å²) >= 11 is 0. The maximum Gasteiger partial charge on any atom is 0.341 e. The fourth-order valence-electron chi connectivity index (χ4n) is 2.94. The highest BCUT2D eigenvalue weighted by atomic mass is 16.5. The molecule has 3 nitrogen and oxygen atoms in total. The molecule has 0 spiro atoms. The number of carbonyl (C=O) groups is 1. The lowest BCUT2D eigenvalue weighted by Crippen LogP contribution is -2.00. The van der Waals surface area contributed by atoms with Crippen LogP contribution in [-0.4, -0.2) is 13.1 Å². The van der Waals surface area contributed by atoms with Gasteiger partial charge < -0.3 is 9.15 Å². The molecule has 0 saturated carbocycles. The zero-order chi connectivity index (χ0) is 15.8. The number of fused-ring (bicyclic) bond motifs is 3. The number of hydrogen-bond acceptors (Lipinski definition) is 3. The second-order valence-corrected chi connectivity index (χ2v) is 5.32. The van der Waals surface area contributed by atoms with Crippen molar-refractivity contribution in [3.05, 3.63) is 72.3 Å².